The van der Waals surface area contributed by atoms with Gasteiger partial charge in [-0.3, -0.25) is 9.36 Å². The number of carbonyl (C=O) groups is 1. The van der Waals surface area contributed by atoms with Crippen LogP contribution in [-0.4, -0.2) is 22.1 Å². The van der Waals surface area contributed by atoms with Crippen molar-refractivity contribution in [2.24, 2.45) is 0 Å². The third-order valence-electron chi connectivity index (χ3n) is 3.53. The summed E-state index contributed by atoms with van der Waals surface area (Å²) in [7, 11) is -4.39. The van der Waals surface area contributed by atoms with Crippen molar-refractivity contribution in [3.63, 3.8) is 0 Å². The molecule has 1 atom stereocenters. The maximum absolute atomic E-state index is 12.4. The Bertz CT molecular complexity index is 615. The molecule has 0 aliphatic rings. The average molecular weight is 342 g/mol. The van der Waals surface area contributed by atoms with Crippen LogP contribution in [0.3, 0.4) is 0 Å². The summed E-state index contributed by atoms with van der Waals surface area (Å²) in [6.07, 6.45) is 0. The number of hydrogen-bond acceptors (Lipinski definition) is 4. The highest BCUT2D eigenvalue weighted by molar-refractivity contribution is 7.71. The maximum atomic E-state index is 12.4. The van der Waals surface area contributed by atoms with Crippen LogP contribution >= 0.6 is 7.60 Å². The largest absolute Gasteiger partial charge is 0.507 e. The van der Waals surface area contributed by atoms with Crippen molar-refractivity contribution in [2.45, 2.75) is 59.3 Å². The summed E-state index contributed by atoms with van der Waals surface area (Å²) in [5.41, 5.74) is -0.599. The minimum absolute atomic E-state index is 0.0319. The lowest BCUT2D eigenvalue weighted by atomic mass is 9.78. The van der Waals surface area contributed by atoms with Gasteiger partial charge < -0.3 is 14.5 Å². The molecule has 0 heterocycles. The molecule has 1 aromatic rings. The molecule has 6 heteroatoms. The van der Waals surface area contributed by atoms with Crippen LogP contribution < -0.4 is 0 Å². The van der Waals surface area contributed by atoms with Crippen molar-refractivity contribution >= 4 is 13.1 Å². The van der Waals surface area contributed by atoms with E-state index in [1.54, 1.807) is 6.92 Å². The Balaban J connectivity index is 3.64. The van der Waals surface area contributed by atoms with E-state index >= 15 is 0 Å². The van der Waals surface area contributed by atoms with Gasteiger partial charge in [0.25, 0.3) is 5.52 Å². The monoisotopic (exact) mass is 342 g/mol. The van der Waals surface area contributed by atoms with Crippen molar-refractivity contribution in [3.05, 3.63) is 28.8 Å². The highest BCUT2D eigenvalue weighted by atomic mass is 31.2. The molecular weight excluding hydrogens is 315 g/mol. The Morgan fingerprint density at radius 3 is 1.78 bits per heavy atom. The zero-order chi connectivity index (χ0) is 18.2. The summed E-state index contributed by atoms with van der Waals surface area (Å²) < 4.78 is 16.8. The SMILES string of the molecule is CCOP(=O)(O)C(=O)c1cc(C(C)(C)C)c(O)c(C(C)(C)C)c1. The van der Waals surface area contributed by atoms with Crippen molar-refractivity contribution in [3.8, 4) is 5.75 Å². The number of rotatable bonds is 4. The predicted octanol–water partition coefficient (Wildman–Crippen LogP) is 4.35. The number of carbonyl (C=O) groups excluding carboxylic acids is 1. The van der Waals surface area contributed by atoms with Crippen molar-refractivity contribution in [2.75, 3.05) is 6.61 Å². The number of phenolic OH excluding ortho intramolecular Hbond substituents is 1. The molecule has 0 saturated heterocycles. The Morgan fingerprint density at radius 1 is 1.09 bits per heavy atom. The summed E-state index contributed by atoms with van der Waals surface area (Å²) in [4.78, 5) is 22.2. The van der Waals surface area contributed by atoms with Crippen LogP contribution in [0.1, 0.15) is 70.0 Å². The van der Waals surface area contributed by atoms with Gasteiger partial charge in [0.2, 0.25) is 0 Å². The fourth-order valence-corrected chi connectivity index (χ4v) is 3.22. The fraction of sp³-hybridized carbons (Fsp3) is 0.588. The highest BCUT2D eigenvalue weighted by Gasteiger charge is 2.35. The van der Waals surface area contributed by atoms with Gasteiger partial charge in [-0.15, -0.1) is 0 Å². The molecule has 0 aromatic heterocycles. The average Bonchev–Trinajstić information content (AvgIpc) is 2.35. The van der Waals surface area contributed by atoms with Gasteiger partial charge in [-0.2, -0.15) is 0 Å². The zero-order valence-corrected chi connectivity index (χ0v) is 15.8. The lowest BCUT2D eigenvalue weighted by molar-refractivity contribution is 0.102. The fourth-order valence-electron chi connectivity index (χ4n) is 2.30. The minimum Gasteiger partial charge on any atom is -0.507 e. The molecule has 1 rings (SSSR count). The Hall–Kier alpha value is -1.16. The van der Waals surface area contributed by atoms with Crippen LogP contribution in [0.2, 0.25) is 0 Å². The van der Waals surface area contributed by atoms with Gasteiger partial charge in [0, 0.05) is 16.7 Å². The Kier molecular flexibility index (Phi) is 5.52. The highest BCUT2D eigenvalue weighted by Crippen LogP contribution is 2.47. The van der Waals surface area contributed by atoms with Crippen molar-refractivity contribution in [1.29, 1.82) is 0 Å². The molecule has 0 fully saturated rings. The summed E-state index contributed by atoms with van der Waals surface area (Å²) in [6, 6.07) is 2.96. The number of benzene rings is 1. The van der Waals surface area contributed by atoms with E-state index in [9.17, 15) is 19.4 Å². The van der Waals surface area contributed by atoms with Gasteiger partial charge in [0.1, 0.15) is 5.75 Å². The third kappa shape index (κ3) is 4.43. The molecule has 0 aliphatic carbocycles. The van der Waals surface area contributed by atoms with E-state index in [0.717, 1.165) is 0 Å². The molecule has 0 radical (unpaired) electrons. The molecule has 1 unspecified atom stereocenters. The van der Waals surface area contributed by atoms with Crippen molar-refractivity contribution in [1.82, 2.24) is 0 Å². The van der Waals surface area contributed by atoms with Crippen LogP contribution in [0.25, 0.3) is 0 Å². The van der Waals surface area contributed by atoms with Gasteiger partial charge in [0.15, 0.2) is 0 Å². The normalized spacial score (nSPS) is 15.3. The molecule has 0 aliphatic heterocycles. The Labute approximate surface area is 138 Å². The van der Waals surface area contributed by atoms with Gasteiger partial charge in [-0.25, -0.2) is 0 Å². The number of phenols is 1. The molecule has 1 aromatic carbocycles. The standard InChI is InChI=1S/C17H27O5P/c1-8-22-23(20,21)15(19)11-9-12(16(2,3)4)14(18)13(10-11)17(5,6)7/h9-10,18H,8H2,1-7H3,(H,20,21). The summed E-state index contributed by atoms with van der Waals surface area (Å²) in [5, 5.41) is 10.6. The Morgan fingerprint density at radius 2 is 1.48 bits per heavy atom. The second kappa shape index (κ2) is 6.39. The van der Waals surface area contributed by atoms with Gasteiger partial charge in [0.05, 0.1) is 6.61 Å². The molecule has 0 amide bonds. The first-order valence-corrected chi connectivity index (χ1v) is 9.19. The summed E-state index contributed by atoms with van der Waals surface area (Å²) >= 11 is 0. The smallest absolute Gasteiger partial charge is 0.399 e. The second-order valence-corrected chi connectivity index (χ2v) is 9.37. The lowest BCUT2D eigenvalue weighted by Crippen LogP contribution is -2.19. The number of hydrogen-bond donors (Lipinski definition) is 2. The van der Waals surface area contributed by atoms with Crippen LogP contribution in [0.4, 0.5) is 0 Å². The van der Waals surface area contributed by atoms with E-state index in [-0.39, 0.29) is 17.9 Å². The predicted molar refractivity (Wildman–Crippen MR) is 91.3 cm³/mol. The summed E-state index contributed by atoms with van der Waals surface area (Å²) in [6.45, 7) is 13.0. The molecule has 0 saturated carbocycles. The molecule has 0 spiro atoms. The van der Waals surface area contributed by atoms with Gasteiger partial charge in [-0.1, -0.05) is 41.5 Å². The molecule has 130 valence electrons. The first-order chi connectivity index (χ1) is 10.2. The molecule has 2 N–H and O–H groups in total. The van der Waals surface area contributed by atoms with Crippen LogP contribution in [0.5, 0.6) is 5.75 Å². The van der Waals surface area contributed by atoms with Crippen LogP contribution in [-0.2, 0) is 19.9 Å². The molecule has 5 nitrogen and oxygen atoms in total. The topological polar surface area (TPSA) is 83.8 Å². The molecular formula is C17H27O5P. The van der Waals surface area contributed by atoms with E-state index in [1.807, 2.05) is 41.5 Å². The lowest BCUT2D eigenvalue weighted by Gasteiger charge is -2.28. The minimum atomic E-state index is -4.39. The summed E-state index contributed by atoms with van der Waals surface area (Å²) in [5.74, 6) is 0.116. The van der Waals surface area contributed by atoms with Crippen LogP contribution in [0.15, 0.2) is 12.1 Å². The second-order valence-electron chi connectivity index (χ2n) is 7.66. The zero-order valence-electron chi connectivity index (χ0n) is 14.9. The van der Waals surface area contributed by atoms with E-state index in [0.29, 0.717) is 11.1 Å². The molecule has 23 heavy (non-hydrogen) atoms. The van der Waals surface area contributed by atoms with Gasteiger partial charge >= 0.3 is 7.60 Å². The number of aromatic hydroxyl groups is 1. The first kappa shape index (κ1) is 19.9. The first-order valence-electron chi connectivity index (χ1n) is 7.62. The van der Waals surface area contributed by atoms with E-state index in [2.05, 4.69) is 0 Å². The molecule has 0 bridgehead atoms. The van der Waals surface area contributed by atoms with Gasteiger partial charge in [-0.05, 0) is 29.9 Å². The van der Waals surface area contributed by atoms with Crippen LogP contribution in [0, 0.1) is 0 Å². The quantitative estimate of drug-likeness (QED) is 0.795. The third-order valence-corrected chi connectivity index (χ3v) is 4.91. The van der Waals surface area contributed by atoms with E-state index in [4.69, 9.17) is 4.52 Å². The van der Waals surface area contributed by atoms with E-state index in [1.165, 1.54) is 12.1 Å². The van der Waals surface area contributed by atoms with E-state index < -0.39 is 24.0 Å². The maximum Gasteiger partial charge on any atom is 0.399 e. The van der Waals surface area contributed by atoms with Crippen molar-refractivity contribution < 1.29 is 23.9 Å².